The molecule has 0 saturated carbocycles. The summed E-state index contributed by atoms with van der Waals surface area (Å²) in [5, 5.41) is 12.0. The number of rotatable bonds is 8. The van der Waals surface area contributed by atoms with Gasteiger partial charge >= 0.3 is 5.97 Å². The second-order valence-corrected chi connectivity index (χ2v) is 6.46. The highest BCUT2D eigenvalue weighted by atomic mass is 16.4. The molecule has 0 unspecified atom stereocenters. The molecule has 0 aliphatic heterocycles. The minimum absolute atomic E-state index is 0.0574. The molecule has 6 nitrogen and oxygen atoms in total. The predicted octanol–water partition coefficient (Wildman–Crippen LogP) is 2.38. The average molecular weight is 368 g/mol. The van der Waals surface area contributed by atoms with E-state index in [-0.39, 0.29) is 23.8 Å². The van der Waals surface area contributed by atoms with Crippen molar-refractivity contribution in [1.29, 1.82) is 0 Å². The first-order chi connectivity index (χ1) is 12.9. The smallest absolute Gasteiger partial charge is 0.335 e. The molecule has 2 aromatic rings. The maximum absolute atomic E-state index is 12.0. The van der Waals surface area contributed by atoms with Gasteiger partial charge in [0.2, 0.25) is 5.91 Å². The maximum Gasteiger partial charge on any atom is 0.335 e. The van der Waals surface area contributed by atoms with E-state index in [0.717, 1.165) is 5.56 Å². The number of carboxylic acid groups (broad SMARTS) is 1. The van der Waals surface area contributed by atoms with Gasteiger partial charge in [0.15, 0.2) is 0 Å². The maximum atomic E-state index is 12.0. The molecular weight excluding hydrogens is 344 g/mol. The molecule has 142 valence electrons. The van der Waals surface area contributed by atoms with Crippen LogP contribution < -0.4 is 5.32 Å². The number of aryl methyl sites for hydroxylation is 1. The molecule has 0 aliphatic rings. The molecule has 0 atom stereocenters. The number of benzene rings is 2. The molecule has 0 aromatic heterocycles. The van der Waals surface area contributed by atoms with Gasteiger partial charge in [-0.2, -0.15) is 0 Å². The number of carbonyl (C=O) groups excluding carboxylic acids is 2. The molecule has 2 aromatic carbocycles. The van der Waals surface area contributed by atoms with E-state index in [1.54, 1.807) is 38.4 Å². The van der Waals surface area contributed by atoms with Crippen LogP contribution in [-0.2, 0) is 17.6 Å². The fourth-order valence-corrected chi connectivity index (χ4v) is 2.75. The van der Waals surface area contributed by atoms with Crippen LogP contribution in [0.1, 0.15) is 38.3 Å². The Labute approximate surface area is 158 Å². The number of aromatic carboxylic acids is 1. The zero-order valence-corrected chi connectivity index (χ0v) is 15.6. The first-order valence-corrected chi connectivity index (χ1v) is 8.77. The molecule has 27 heavy (non-hydrogen) atoms. The van der Waals surface area contributed by atoms with Crippen molar-refractivity contribution in [2.45, 2.75) is 19.3 Å². The molecule has 6 heteroatoms. The Morgan fingerprint density at radius 2 is 1.74 bits per heavy atom. The molecule has 0 saturated heterocycles. The lowest BCUT2D eigenvalue weighted by Crippen LogP contribution is -2.26. The Kier molecular flexibility index (Phi) is 7.11. The van der Waals surface area contributed by atoms with Gasteiger partial charge in [-0.1, -0.05) is 30.3 Å². The van der Waals surface area contributed by atoms with Gasteiger partial charge < -0.3 is 15.3 Å². The number of nitrogens with zero attached hydrogens (tertiary/aromatic N) is 1. The second-order valence-electron chi connectivity index (χ2n) is 6.46. The number of hydrogen-bond acceptors (Lipinski definition) is 3. The van der Waals surface area contributed by atoms with E-state index in [0.29, 0.717) is 30.5 Å². The van der Waals surface area contributed by atoms with Gasteiger partial charge in [0.25, 0.3) is 5.91 Å². The monoisotopic (exact) mass is 368 g/mol. The Bertz CT molecular complexity index is 830. The van der Waals surface area contributed by atoms with Gasteiger partial charge in [-0.25, -0.2) is 4.79 Å². The van der Waals surface area contributed by atoms with Gasteiger partial charge in [0.1, 0.15) is 0 Å². The molecule has 0 bridgehead atoms. The van der Waals surface area contributed by atoms with Gasteiger partial charge in [-0.05, 0) is 42.2 Å². The minimum Gasteiger partial charge on any atom is -0.478 e. The van der Waals surface area contributed by atoms with E-state index in [4.69, 9.17) is 5.11 Å². The van der Waals surface area contributed by atoms with Crippen molar-refractivity contribution in [3.8, 4) is 0 Å². The molecule has 0 aliphatic carbocycles. The minimum atomic E-state index is -0.988. The molecule has 0 fully saturated rings. The highest BCUT2D eigenvalue weighted by Gasteiger charge is 2.11. The summed E-state index contributed by atoms with van der Waals surface area (Å²) in [7, 11) is 3.41. The zero-order chi connectivity index (χ0) is 19.8. The topological polar surface area (TPSA) is 86.7 Å². The summed E-state index contributed by atoms with van der Waals surface area (Å²) in [5.74, 6) is -1.17. The summed E-state index contributed by atoms with van der Waals surface area (Å²) in [6, 6.07) is 14.0. The summed E-state index contributed by atoms with van der Waals surface area (Å²) >= 11 is 0. The summed E-state index contributed by atoms with van der Waals surface area (Å²) in [6.45, 7) is 0.457. The van der Waals surface area contributed by atoms with E-state index in [1.807, 2.05) is 18.2 Å². The molecule has 2 N–H and O–H groups in total. The van der Waals surface area contributed by atoms with Crippen molar-refractivity contribution in [3.63, 3.8) is 0 Å². The van der Waals surface area contributed by atoms with E-state index in [1.165, 1.54) is 11.0 Å². The van der Waals surface area contributed by atoms with Crippen molar-refractivity contribution < 1.29 is 19.5 Å². The van der Waals surface area contributed by atoms with Crippen LogP contribution in [0.2, 0.25) is 0 Å². The first kappa shape index (κ1) is 20.2. The Morgan fingerprint density at radius 1 is 1.00 bits per heavy atom. The van der Waals surface area contributed by atoms with Crippen molar-refractivity contribution in [2.75, 3.05) is 20.6 Å². The van der Waals surface area contributed by atoms with Crippen molar-refractivity contribution in [2.24, 2.45) is 0 Å². The molecular formula is C21H24N2O4. The van der Waals surface area contributed by atoms with Crippen LogP contribution in [0.5, 0.6) is 0 Å². The van der Waals surface area contributed by atoms with Crippen molar-refractivity contribution >= 4 is 17.8 Å². The third-order valence-corrected chi connectivity index (χ3v) is 4.19. The quantitative estimate of drug-likeness (QED) is 0.749. The summed E-state index contributed by atoms with van der Waals surface area (Å²) in [5.41, 5.74) is 2.47. The summed E-state index contributed by atoms with van der Waals surface area (Å²) in [4.78, 5) is 36.7. The SMILES string of the molecule is CN(C)C(=O)c1cccc(CCNC(=O)CCc2ccccc2C(=O)O)c1. The van der Waals surface area contributed by atoms with Crippen LogP contribution in [0.4, 0.5) is 0 Å². The van der Waals surface area contributed by atoms with Gasteiger partial charge in [-0.15, -0.1) is 0 Å². The first-order valence-electron chi connectivity index (χ1n) is 8.77. The number of amides is 2. The lowest BCUT2D eigenvalue weighted by Gasteiger charge is -2.11. The lowest BCUT2D eigenvalue weighted by atomic mass is 10.0. The van der Waals surface area contributed by atoms with Crippen LogP contribution in [0.25, 0.3) is 0 Å². The number of carboxylic acids is 1. The Hall–Kier alpha value is -3.15. The van der Waals surface area contributed by atoms with Crippen LogP contribution in [0.3, 0.4) is 0 Å². The Balaban J connectivity index is 1.82. The summed E-state index contributed by atoms with van der Waals surface area (Å²) in [6.07, 6.45) is 1.22. The molecule has 0 radical (unpaired) electrons. The predicted molar refractivity (Wildman–Crippen MR) is 103 cm³/mol. The Morgan fingerprint density at radius 3 is 2.44 bits per heavy atom. The van der Waals surface area contributed by atoms with E-state index in [9.17, 15) is 14.4 Å². The van der Waals surface area contributed by atoms with Gasteiger partial charge in [-0.3, -0.25) is 9.59 Å². The zero-order valence-electron chi connectivity index (χ0n) is 15.6. The van der Waals surface area contributed by atoms with Crippen LogP contribution in [-0.4, -0.2) is 48.4 Å². The molecule has 2 amide bonds. The molecule has 0 spiro atoms. The van der Waals surface area contributed by atoms with Crippen molar-refractivity contribution in [1.82, 2.24) is 10.2 Å². The van der Waals surface area contributed by atoms with E-state index in [2.05, 4.69) is 5.32 Å². The summed E-state index contributed by atoms with van der Waals surface area (Å²) < 4.78 is 0. The third kappa shape index (κ3) is 5.95. The average Bonchev–Trinajstić information content (AvgIpc) is 2.66. The molecule has 0 heterocycles. The van der Waals surface area contributed by atoms with Gasteiger partial charge in [0.05, 0.1) is 5.56 Å². The molecule has 2 rings (SSSR count). The highest BCUT2D eigenvalue weighted by molar-refractivity contribution is 5.94. The van der Waals surface area contributed by atoms with Crippen LogP contribution >= 0.6 is 0 Å². The lowest BCUT2D eigenvalue weighted by molar-refractivity contribution is -0.121. The number of nitrogens with one attached hydrogen (secondary N) is 1. The fraction of sp³-hybridized carbons (Fsp3) is 0.286. The van der Waals surface area contributed by atoms with Crippen LogP contribution in [0, 0.1) is 0 Å². The van der Waals surface area contributed by atoms with E-state index < -0.39 is 5.97 Å². The van der Waals surface area contributed by atoms with Crippen LogP contribution in [0.15, 0.2) is 48.5 Å². The van der Waals surface area contributed by atoms with Crippen molar-refractivity contribution in [3.05, 3.63) is 70.8 Å². The van der Waals surface area contributed by atoms with E-state index >= 15 is 0 Å². The standard InChI is InChI=1S/C21H24N2O4/c1-23(2)20(25)17-8-5-6-15(14-17)12-13-22-19(24)11-10-16-7-3-4-9-18(16)21(26)27/h3-9,14H,10-13H2,1-2H3,(H,22,24)(H,26,27). The third-order valence-electron chi connectivity index (χ3n) is 4.19. The fourth-order valence-electron chi connectivity index (χ4n) is 2.75. The normalized spacial score (nSPS) is 10.3. The highest BCUT2D eigenvalue weighted by Crippen LogP contribution is 2.11. The largest absolute Gasteiger partial charge is 0.478 e. The van der Waals surface area contributed by atoms with Gasteiger partial charge in [0, 0.05) is 32.6 Å². The second kappa shape index (κ2) is 9.52. The number of hydrogen-bond donors (Lipinski definition) is 2. The number of carbonyl (C=O) groups is 3.